The predicted molar refractivity (Wildman–Crippen MR) is 86.3 cm³/mol. The Labute approximate surface area is 134 Å². The number of carboxylic acids is 1. The molecular formula is C18H19NO4. The molecule has 1 saturated carbocycles. The molecule has 120 valence electrons. The van der Waals surface area contributed by atoms with Crippen LogP contribution in [-0.4, -0.2) is 17.0 Å². The number of hydrogen-bond acceptors (Lipinski definition) is 3. The van der Waals surface area contributed by atoms with Crippen LogP contribution in [0.15, 0.2) is 40.8 Å². The molecule has 2 aromatic rings. The van der Waals surface area contributed by atoms with Crippen molar-refractivity contribution in [3.05, 3.63) is 42.2 Å². The van der Waals surface area contributed by atoms with Gasteiger partial charge in [0.25, 0.3) is 0 Å². The fraction of sp³-hybridized carbons (Fsp3) is 0.333. The number of carboxylic acid groups (broad SMARTS) is 1. The first-order valence-electron chi connectivity index (χ1n) is 7.88. The minimum atomic E-state index is -1.09. The molecule has 5 heteroatoms. The van der Waals surface area contributed by atoms with E-state index in [0.29, 0.717) is 5.76 Å². The summed E-state index contributed by atoms with van der Waals surface area (Å²) in [7, 11) is 0. The van der Waals surface area contributed by atoms with E-state index in [1.807, 2.05) is 0 Å². The van der Waals surface area contributed by atoms with Crippen LogP contribution in [0, 0.1) is 5.92 Å². The zero-order valence-electron chi connectivity index (χ0n) is 12.7. The third-order valence-electron chi connectivity index (χ3n) is 4.23. The highest BCUT2D eigenvalue weighted by Gasteiger charge is 2.21. The van der Waals surface area contributed by atoms with E-state index < -0.39 is 5.97 Å². The van der Waals surface area contributed by atoms with Gasteiger partial charge in [-0.05, 0) is 49.2 Å². The molecule has 1 amide bonds. The number of nitrogens with one attached hydrogen (secondary N) is 1. The number of furan rings is 1. The van der Waals surface area contributed by atoms with Crippen LogP contribution in [0.2, 0.25) is 0 Å². The summed E-state index contributed by atoms with van der Waals surface area (Å²) in [5.74, 6) is -0.481. The van der Waals surface area contributed by atoms with Crippen molar-refractivity contribution < 1.29 is 19.1 Å². The minimum Gasteiger partial charge on any atom is -0.475 e. The average Bonchev–Trinajstić information content (AvgIpc) is 3.07. The Bertz CT molecular complexity index is 696. The van der Waals surface area contributed by atoms with Crippen LogP contribution in [0.5, 0.6) is 0 Å². The third-order valence-corrected chi connectivity index (χ3v) is 4.23. The Morgan fingerprint density at radius 2 is 1.70 bits per heavy atom. The van der Waals surface area contributed by atoms with E-state index in [0.717, 1.165) is 36.9 Å². The zero-order chi connectivity index (χ0) is 16.2. The van der Waals surface area contributed by atoms with Gasteiger partial charge in [-0.25, -0.2) is 4.79 Å². The lowest BCUT2D eigenvalue weighted by Crippen LogP contribution is -2.24. The Morgan fingerprint density at radius 1 is 1.00 bits per heavy atom. The number of anilines is 1. The SMILES string of the molecule is O=C(O)c1ccc(-c2ccc(NC(=O)C3CCCCC3)cc2)o1. The van der Waals surface area contributed by atoms with E-state index >= 15 is 0 Å². The molecule has 1 aromatic carbocycles. The second-order valence-electron chi connectivity index (χ2n) is 5.87. The molecule has 0 saturated heterocycles. The third kappa shape index (κ3) is 3.62. The van der Waals surface area contributed by atoms with Crippen LogP contribution in [0.4, 0.5) is 5.69 Å². The summed E-state index contributed by atoms with van der Waals surface area (Å²) < 4.78 is 5.26. The van der Waals surface area contributed by atoms with Gasteiger partial charge in [0.1, 0.15) is 5.76 Å². The quantitative estimate of drug-likeness (QED) is 0.888. The molecule has 1 fully saturated rings. The zero-order valence-corrected chi connectivity index (χ0v) is 12.7. The Kier molecular flexibility index (Phi) is 4.46. The molecule has 3 rings (SSSR count). The molecule has 1 aliphatic carbocycles. The first-order chi connectivity index (χ1) is 11.1. The Morgan fingerprint density at radius 3 is 2.30 bits per heavy atom. The molecule has 0 bridgehead atoms. The molecule has 0 spiro atoms. The standard InChI is InChI=1S/C18H19NO4/c20-17(13-4-2-1-3-5-13)19-14-8-6-12(7-9-14)15-10-11-16(23-15)18(21)22/h6-11,13H,1-5H2,(H,19,20)(H,21,22). The maximum atomic E-state index is 12.2. The van der Waals surface area contributed by atoms with Gasteiger partial charge in [-0.3, -0.25) is 4.79 Å². The lowest BCUT2D eigenvalue weighted by Gasteiger charge is -2.20. The van der Waals surface area contributed by atoms with Crippen molar-refractivity contribution in [3.8, 4) is 11.3 Å². The van der Waals surface area contributed by atoms with Crippen LogP contribution in [0.25, 0.3) is 11.3 Å². The maximum absolute atomic E-state index is 12.2. The van der Waals surface area contributed by atoms with Crippen LogP contribution >= 0.6 is 0 Å². The normalized spacial score (nSPS) is 15.3. The fourth-order valence-electron chi connectivity index (χ4n) is 2.93. The van der Waals surface area contributed by atoms with Crippen molar-refractivity contribution >= 4 is 17.6 Å². The molecular weight excluding hydrogens is 294 g/mol. The highest BCUT2D eigenvalue weighted by Crippen LogP contribution is 2.26. The van der Waals surface area contributed by atoms with Gasteiger partial charge >= 0.3 is 5.97 Å². The van der Waals surface area contributed by atoms with Crippen molar-refractivity contribution in [1.29, 1.82) is 0 Å². The fourth-order valence-corrected chi connectivity index (χ4v) is 2.93. The Balaban J connectivity index is 1.66. The molecule has 5 nitrogen and oxygen atoms in total. The van der Waals surface area contributed by atoms with Gasteiger partial charge in [0.2, 0.25) is 11.7 Å². The van der Waals surface area contributed by atoms with Crippen LogP contribution in [0.1, 0.15) is 42.7 Å². The summed E-state index contributed by atoms with van der Waals surface area (Å²) in [4.78, 5) is 23.0. The molecule has 1 aliphatic rings. The summed E-state index contributed by atoms with van der Waals surface area (Å²) in [6.07, 6.45) is 5.41. The highest BCUT2D eigenvalue weighted by molar-refractivity contribution is 5.92. The van der Waals surface area contributed by atoms with Gasteiger partial charge in [0, 0.05) is 17.2 Å². The van der Waals surface area contributed by atoms with Crippen molar-refractivity contribution in [2.45, 2.75) is 32.1 Å². The summed E-state index contributed by atoms with van der Waals surface area (Å²) in [6.45, 7) is 0. The van der Waals surface area contributed by atoms with E-state index in [1.165, 1.54) is 12.5 Å². The van der Waals surface area contributed by atoms with E-state index in [4.69, 9.17) is 9.52 Å². The van der Waals surface area contributed by atoms with Crippen molar-refractivity contribution in [3.63, 3.8) is 0 Å². The number of carbonyl (C=O) groups excluding carboxylic acids is 1. The summed E-state index contributed by atoms with van der Waals surface area (Å²) in [5, 5.41) is 11.8. The minimum absolute atomic E-state index is 0.0867. The molecule has 0 aliphatic heterocycles. The number of carbonyl (C=O) groups is 2. The second-order valence-corrected chi connectivity index (χ2v) is 5.87. The summed E-state index contributed by atoms with van der Waals surface area (Å²) >= 11 is 0. The number of aromatic carboxylic acids is 1. The molecule has 23 heavy (non-hydrogen) atoms. The van der Waals surface area contributed by atoms with Gasteiger partial charge in [-0.15, -0.1) is 0 Å². The van der Waals surface area contributed by atoms with E-state index in [2.05, 4.69) is 5.32 Å². The van der Waals surface area contributed by atoms with Crippen LogP contribution in [0.3, 0.4) is 0 Å². The molecule has 0 atom stereocenters. The molecule has 0 radical (unpaired) electrons. The Hall–Kier alpha value is -2.56. The largest absolute Gasteiger partial charge is 0.475 e. The van der Waals surface area contributed by atoms with Gasteiger partial charge < -0.3 is 14.8 Å². The molecule has 2 N–H and O–H groups in total. The first kappa shape index (κ1) is 15.3. The van der Waals surface area contributed by atoms with E-state index in [9.17, 15) is 9.59 Å². The lowest BCUT2D eigenvalue weighted by molar-refractivity contribution is -0.120. The maximum Gasteiger partial charge on any atom is 0.371 e. The molecule has 1 heterocycles. The summed E-state index contributed by atoms with van der Waals surface area (Å²) in [6, 6.07) is 10.3. The summed E-state index contributed by atoms with van der Waals surface area (Å²) in [5.41, 5.74) is 1.52. The number of hydrogen-bond donors (Lipinski definition) is 2. The average molecular weight is 313 g/mol. The number of amides is 1. The van der Waals surface area contributed by atoms with Gasteiger partial charge in [0.05, 0.1) is 0 Å². The second kappa shape index (κ2) is 6.69. The predicted octanol–water partition coefficient (Wildman–Crippen LogP) is 4.16. The molecule has 1 aromatic heterocycles. The monoisotopic (exact) mass is 313 g/mol. The number of benzene rings is 1. The van der Waals surface area contributed by atoms with Gasteiger partial charge in [-0.2, -0.15) is 0 Å². The highest BCUT2D eigenvalue weighted by atomic mass is 16.4. The van der Waals surface area contributed by atoms with Crippen LogP contribution < -0.4 is 5.32 Å². The number of rotatable bonds is 4. The first-order valence-corrected chi connectivity index (χ1v) is 7.88. The van der Waals surface area contributed by atoms with Gasteiger partial charge in [-0.1, -0.05) is 19.3 Å². The van der Waals surface area contributed by atoms with Crippen molar-refractivity contribution in [1.82, 2.24) is 0 Å². The van der Waals surface area contributed by atoms with E-state index in [1.54, 1.807) is 30.3 Å². The van der Waals surface area contributed by atoms with E-state index in [-0.39, 0.29) is 17.6 Å². The topological polar surface area (TPSA) is 79.5 Å². The van der Waals surface area contributed by atoms with Gasteiger partial charge in [0.15, 0.2) is 0 Å². The lowest BCUT2D eigenvalue weighted by atomic mass is 9.88. The van der Waals surface area contributed by atoms with Crippen molar-refractivity contribution in [2.75, 3.05) is 5.32 Å². The smallest absolute Gasteiger partial charge is 0.371 e. The molecule has 0 unspecified atom stereocenters. The van der Waals surface area contributed by atoms with Crippen LogP contribution in [-0.2, 0) is 4.79 Å². The van der Waals surface area contributed by atoms with Crippen molar-refractivity contribution in [2.24, 2.45) is 5.92 Å².